The van der Waals surface area contributed by atoms with Gasteiger partial charge in [-0.3, -0.25) is 4.68 Å². The Kier molecular flexibility index (Phi) is 3.82. The van der Waals surface area contributed by atoms with Crippen LogP contribution < -0.4 is 10.1 Å². The molecule has 3 aromatic heterocycles. The second-order valence-corrected chi connectivity index (χ2v) is 7.55. The lowest BCUT2D eigenvalue weighted by Crippen LogP contribution is -2.41. The number of ether oxygens (including phenoxy) is 1. The van der Waals surface area contributed by atoms with Crippen LogP contribution in [0.15, 0.2) is 30.6 Å². The second-order valence-electron chi connectivity index (χ2n) is 7.55. The van der Waals surface area contributed by atoms with Crippen LogP contribution in [0.4, 0.5) is 4.79 Å². The van der Waals surface area contributed by atoms with Crippen molar-refractivity contribution in [1.82, 2.24) is 30.0 Å². The Hall–Kier alpha value is -3.46. The van der Waals surface area contributed by atoms with Gasteiger partial charge in [-0.2, -0.15) is 5.10 Å². The third kappa shape index (κ3) is 2.99. The maximum Gasteiger partial charge on any atom is 0.413 e. The monoisotopic (exact) mass is 392 g/mol. The molecule has 1 aromatic carbocycles. The van der Waals surface area contributed by atoms with Gasteiger partial charge < -0.3 is 20.1 Å². The summed E-state index contributed by atoms with van der Waals surface area (Å²) in [5, 5.41) is 17.7. The maximum absolute atomic E-state index is 12.2. The summed E-state index contributed by atoms with van der Waals surface area (Å²) in [6.07, 6.45) is 4.05. The van der Waals surface area contributed by atoms with Crippen molar-refractivity contribution in [1.29, 1.82) is 0 Å². The van der Waals surface area contributed by atoms with Crippen molar-refractivity contribution in [3.63, 3.8) is 0 Å². The van der Waals surface area contributed by atoms with Crippen LogP contribution in [0.25, 0.3) is 33.5 Å². The fourth-order valence-electron chi connectivity index (χ4n) is 3.43. The molecule has 9 heteroatoms. The van der Waals surface area contributed by atoms with Crippen LogP contribution in [-0.4, -0.2) is 48.1 Å². The molecular weight excluding hydrogens is 372 g/mol. The van der Waals surface area contributed by atoms with E-state index in [1.165, 1.54) is 0 Å². The molecule has 9 nitrogen and oxygen atoms in total. The van der Waals surface area contributed by atoms with Crippen molar-refractivity contribution in [3.05, 3.63) is 36.2 Å². The number of carbonyl (C=O) groups excluding carboxylic acids is 1. The normalized spacial score (nSPS) is 15.0. The number of benzene rings is 1. The van der Waals surface area contributed by atoms with Crippen LogP contribution in [0.2, 0.25) is 0 Å². The Balaban J connectivity index is 1.51. The number of carbonyl (C=O) groups is 1. The molecule has 0 radical (unpaired) electrons. The van der Waals surface area contributed by atoms with Gasteiger partial charge in [-0.15, -0.1) is 0 Å². The molecule has 0 spiro atoms. The highest BCUT2D eigenvalue weighted by atomic mass is 16.6. The number of H-pyrrole nitrogens is 1. The molecule has 5 rings (SSSR count). The molecule has 1 aliphatic carbocycles. The Bertz CT molecular complexity index is 1250. The molecule has 3 heterocycles. The maximum atomic E-state index is 12.2. The van der Waals surface area contributed by atoms with Crippen molar-refractivity contribution in [2.45, 2.75) is 25.3 Å². The molecule has 1 fully saturated rings. The summed E-state index contributed by atoms with van der Waals surface area (Å²) in [4.78, 5) is 24.2. The van der Waals surface area contributed by atoms with Gasteiger partial charge in [-0.05, 0) is 31.4 Å². The van der Waals surface area contributed by atoms with E-state index in [9.17, 15) is 9.90 Å². The van der Waals surface area contributed by atoms with E-state index in [-0.39, 0.29) is 12.4 Å². The van der Waals surface area contributed by atoms with Gasteiger partial charge in [0, 0.05) is 18.6 Å². The average Bonchev–Trinajstić information content (AvgIpc) is 3.26. The van der Waals surface area contributed by atoms with Crippen molar-refractivity contribution >= 4 is 28.2 Å². The van der Waals surface area contributed by atoms with Crippen LogP contribution in [0.5, 0.6) is 5.75 Å². The van der Waals surface area contributed by atoms with E-state index >= 15 is 0 Å². The first-order valence-electron chi connectivity index (χ1n) is 9.37. The first kappa shape index (κ1) is 17.6. The molecular formula is C20H20N6O3. The Morgan fingerprint density at radius 1 is 1.41 bits per heavy atom. The number of hydrogen-bond donors (Lipinski definition) is 3. The van der Waals surface area contributed by atoms with E-state index < -0.39 is 11.6 Å². The lowest BCUT2D eigenvalue weighted by Gasteiger charge is -2.13. The van der Waals surface area contributed by atoms with E-state index in [0.717, 1.165) is 29.3 Å². The molecule has 0 saturated heterocycles. The molecule has 1 saturated carbocycles. The summed E-state index contributed by atoms with van der Waals surface area (Å²) < 4.78 is 7.24. The summed E-state index contributed by atoms with van der Waals surface area (Å²) in [6.45, 7) is 1.93. The zero-order chi connectivity index (χ0) is 20.2. The molecule has 0 unspecified atom stereocenters. The number of rotatable bonds is 4. The average molecular weight is 392 g/mol. The largest absolute Gasteiger partial charge is 0.413 e. The quantitative estimate of drug-likeness (QED) is 0.491. The fraction of sp³-hybridized carbons (Fsp3) is 0.300. The van der Waals surface area contributed by atoms with E-state index in [2.05, 4.69) is 31.4 Å². The number of nitrogens with zero attached hydrogens (tertiary/aromatic N) is 4. The Labute approximate surface area is 165 Å². The molecule has 1 amide bonds. The van der Waals surface area contributed by atoms with Gasteiger partial charge in [0.2, 0.25) is 0 Å². The van der Waals surface area contributed by atoms with Gasteiger partial charge >= 0.3 is 6.09 Å². The molecule has 3 N–H and O–H groups in total. The van der Waals surface area contributed by atoms with Gasteiger partial charge in [0.05, 0.1) is 23.9 Å². The molecule has 29 heavy (non-hydrogen) atoms. The van der Waals surface area contributed by atoms with Crippen LogP contribution in [0.3, 0.4) is 0 Å². The SMILES string of the molecule is Cc1ccc2c(-c3cnc4[nH]cc(OC(=O)NC5(CO)CC5)c4n3)nn(C)c2c1. The number of aromatic amines is 1. The third-order valence-electron chi connectivity index (χ3n) is 5.32. The lowest BCUT2D eigenvalue weighted by atomic mass is 10.1. The van der Waals surface area contributed by atoms with Gasteiger partial charge in [-0.1, -0.05) is 12.1 Å². The van der Waals surface area contributed by atoms with Crippen molar-refractivity contribution in [2.24, 2.45) is 7.05 Å². The van der Waals surface area contributed by atoms with E-state index in [1.807, 2.05) is 30.8 Å². The topological polar surface area (TPSA) is 118 Å². The van der Waals surface area contributed by atoms with E-state index in [1.54, 1.807) is 12.4 Å². The highest BCUT2D eigenvalue weighted by molar-refractivity contribution is 5.94. The van der Waals surface area contributed by atoms with Crippen molar-refractivity contribution in [2.75, 3.05) is 6.61 Å². The summed E-state index contributed by atoms with van der Waals surface area (Å²) in [5.41, 5.74) is 3.86. The number of hydrogen-bond acceptors (Lipinski definition) is 6. The standard InChI is InChI=1S/C20H20N6O3/c1-11-3-4-12-14(7-11)26(2)25-16(12)13-8-21-18-17(23-13)15(9-22-18)29-19(28)24-20(10-27)5-6-20/h3-4,7-9,27H,5-6,10H2,1-2H3,(H,21,22)(H,24,28). The minimum Gasteiger partial charge on any atom is -0.406 e. The number of fused-ring (bicyclic) bond motifs is 2. The summed E-state index contributed by atoms with van der Waals surface area (Å²) in [5.74, 6) is 0.275. The first-order valence-corrected chi connectivity index (χ1v) is 9.37. The number of aromatic nitrogens is 5. The Morgan fingerprint density at radius 2 is 2.24 bits per heavy atom. The third-order valence-corrected chi connectivity index (χ3v) is 5.32. The number of aliphatic hydroxyl groups is 1. The second kappa shape index (κ2) is 6.28. The fourth-order valence-corrected chi connectivity index (χ4v) is 3.43. The molecule has 0 atom stereocenters. The van der Waals surface area contributed by atoms with E-state index in [4.69, 9.17) is 4.74 Å². The van der Waals surface area contributed by atoms with Crippen LogP contribution in [-0.2, 0) is 7.05 Å². The van der Waals surface area contributed by atoms with Crippen LogP contribution >= 0.6 is 0 Å². The predicted molar refractivity (Wildman–Crippen MR) is 107 cm³/mol. The molecule has 4 aromatic rings. The molecule has 148 valence electrons. The number of aryl methyl sites for hydroxylation is 2. The van der Waals surface area contributed by atoms with E-state index in [0.29, 0.717) is 22.6 Å². The minimum atomic E-state index is -0.622. The summed E-state index contributed by atoms with van der Waals surface area (Å²) >= 11 is 0. The molecule has 0 bridgehead atoms. The number of aliphatic hydroxyl groups excluding tert-OH is 1. The zero-order valence-electron chi connectivity index (χ0n) is 16.1. The summed E-state index contributed by atoms with van der Waals surface area (Å²) in [7, 11) is 1.89. The van der Waals surface area contributed by atoms with Gasteiger partial charge in [0.15, 0.2) is 16.9 Å². The lowest BCUT2D eigenvalue weighted by molar-refractivity contribution is 0.179. The minimum absolute atomic E-state index is 0.105. The van der Waals surface area contributed by atoms with Crippen molar-refractivity contribution < 1.29 is 14.6 Å². The summed E-state index contributed by atoms with van der Waals surface area (Å²) in [6, 6.07) is 6.12. The highest BCUT2D eigenvalue weighted by Crippen LogP contribution is 2.35. The van der Waals surface area contributed by atoms with Gasteiger partial charge in [-0.25, -0.2) is 14.8 Å². The van der Waals surface area contributed by atoms with Gasteiger partial charge in [0.25, 0.3) is 0 Å². The van der Waals surface area contributed by atoms with Gasteiger partial charge in [0.1, 0.15) is 11.4 Å². The van der Waals surface area contributed by atoms with Crippen LogP contribution in [0, 0.1) is 6.92 Å². The van der Waals surface area contributed by atoms with Crippen LogP contribution in [0.1, 0.15) is 18.4 Å². The molecule has 1 aliphatic rings. The number of nitrogens with one attached hydrogen (secondary N) is 2. The zero-order valence-corrected chi connectivity index (χ0v) is 16.1. The van der Waals surface area contributed by atoms with Crippen molar-refractivity contribution in [3.8, 4) is 17.1 Å². The first-order chi connectivity index (χ1) is 14.0. The molecule has 0 aliphatic heterocycles. The smallest absolute Gasteiger partial charge is 0.406 e. The predicted octanol–water partition coefficient (Wildman–Crippen LogP) is 2.43. The Morgan fingerprint density at radius 3 is 3.00 bits per heavy atom. The number of amides is 1. The highest BCUT2D eigenvalue weighted by Gasteiger charge is 2.44.